The van der Waals surface area contributed by atoms with E-state index in [9.17, 15) is 19.2 Å². The molecular weight excluding hydrogens is 236 g/mol. The fourth-order valence-corrected chi connectivity index (χ4v) is 1.01. The quantitative estimate of drug-likeness (QED) is 0.694. The molecule has 0 saturated heterocycles. The number of ketones is 4. The first-order valence-electron chi connectivity index (χ1n) is 5.85. The smallest absolute Gasteiger partial charge is 0.140 e. The summed E-state index contributed by atoms with van der Waals surface area (Å²) in [7, 11) is 0. The van der Waals surface area contributed by atoms with Crippen LogP contribution in [0.3, 0.4) is 0 Å². The van der Waals surface area contributed by atoms with E-state index in [1.165, 1.54) is 13.8 Å². The van der Waals surface area contributed by atoms with Gasteiger partial charge in [-0.25, -0.2) is 0 Å². The molecule has 0 aromatic carbocycles. The average Bonchev–Trinajstić information content (AvgIpc) is 2.11. The number of carbonyl (C=O) groups excluding carboxylic acids is 4. The fraction of sp³-hybridized carbons (Fsp3) is 0.692. The number of Topliss-reactive ketones (excluding diaryl/α,β-unsaturated/α-hetero) is 4. The van der Waals surface area contributed by atoms with Crippen molar-refractivity contribution in [1.82, 2.24) is 0 Å². The Morgan fingerprint density at radius 1 is 0.833 bits per heavy atom. The monoisotopic (exact) mass is 258 g/mol. The number of hydrogen-bond acceptors (Lipinski definition) is 5. The largest absolute Gasteiger partial charge is 0.394 e. The standard InChI is InChI=1S/C10H14O4.C3H8O/c1-7(11)5-9(13)3-4-10(14)6-8(2)12;1-3(2)4/h3-6H2,1-2H3;3-4H,1-2H3. The molecule has 104 valence electrons. The lowest BCUT2D eigenvalue weighted by Gasteiger charge is -1.97. The SMILES string of the molecule is CC(=O)CC(=O)CCC(=O)CC(C)=O.CC(C)O. The van der Waals surface area contributed by atoms with Crippen LogP contribution in [-0.4, -0.2) is 34.3 Å². The highest BCUT2D eigenvalue weighted by Gasteiger charge is 2.10. The third-order valence-corrected chi connectivity index (χ3v) is 1.57. The maximum absolute atomic E-state index is 11.0. The van der Waals surface area contributed by atoms with Crippen LogP contribution in [0.15, 0.2) is 0 Å². The zero-order valence-corrected chi connectivity index (χ0v) is 11.5. The molecule has 0 aromatic heterocycles. The molecule has 0 atom stereocenters. The molecule has 0 aromatic rings. The van der Waals surface area contributed by atoms with E-state index < -0.39 is 0 Å². The van der Waals surface area contributed by atoms with E-state index in [0.29, 0.717) is 0 Å². The van der Waals surface area contributed by atoms with Gasteiger partial charge < -0.3 is 5.11 Å². The Balaban J connectivity index is 0. The van der Waals surface area contributed by atoms with Crippen molar-refractivity contribution in [1.29, 1.82) is 0 Å². The minimum atomic E-state index is -0.241. The molecule has 0 saturated carbocycles. The van der Waals surface area contributed by atoms with Gasteiger partial charge in [-0.1, -0.05) is 0 Å². The topological polar surface area (TPSA) is 88.5 Å². The van der Waals surface area contributed by atoms with Crippen LogP contribution in [-0.2, 0) is 19.2 Å². The predicted octanol–water partition coefficient (Wildman–Crippen LogP) is 1.25. The summed E-state index contributed by atoms with van der Waals surface area (Å²) < 4.78 is 0. The molecule has 0 bridgehead atoms. The van der Waals surface area contributed by atoms with Crippen molar-refractivity contribution < 1.29 is 24.3 Å². The van der Waals surface area contributed by atoms with Crippen LogP contribution >= 0.6 is 0 Å². The van der Waals surface area contributed by atoms with Gasteiger partial charge >= 0.3 is 0 Å². The highest BCUT2D eigenvalue weighted by atomic mass is 16.3. The minimum Gasteiger partial charge on any atom is -0.394 e. The van der Waals surface area contributed by atoms with Crippen LogP contribution in [0.2, 0.25) is 0 Å². The van der Waals surface area contributed by atoms with Crippen molar-refractivity contribution in [3.05, 3.63) is 0 Å². The summed E-state index contributed by atoms with van der Waals surface area (Å²) in [5.41, 5.74) is 0. The van der Waals surface area contributed by atoms with Crippen LogP contribution in [0.25, 0.3) is 0 Å². The van der Waals surface area contributed by atoms with Gasteiger partial charge in [-0.05, 0) is 27.7 Å². The Kier molecular flexibility index (Phi) is 11.4. The maximum atomic E-state index is 11.0. The van der Waals surface area contributed by atoms with Crippen molar-refractivity contribution in [2.75, 3.05) is 0 Å². The summed E-state index contributed by atoms with van der Waals surface area (Å²) in [5.74, 6) is -0.883. The van der Waals surface area contributed by atoms with Gasteiger partial charge in [0.15, 0.2) is 0 Å². The van der Waals surface area contributed by atoms with Crippen LogP contribution < -0.4 is 0 Å². The average molecular weight is 258 g/mol. The zero-order chi connectivity index (χ0) is 14.7. The van der Waals surface area contributed by atoms with E-state index in [1.807, 2.05) is 0 Å². The number of hydrogen-bond donors (Lipinski definition) is 1. The molecular formula is C13H22O5. The van der Waals surface area contributed by atoms with E-state index in [4.69, 9.17) is 5.11 Å². The first kappa shape index (κ1) is 19.0. The molecule has 0 aliphatic rings. The van der Waals surface area contributed by atoms with Gasteiger partial charge in [0.1, 0.15) is 23.1 Å². The number of aliphatic hydroxyl groups excluding tert-OH is 1. The van der Waals surface area contributed by atoms with Crippen LogP contribution in [0, 0.1) is 0 Å². The van der Waals surface area contributed by atoms with E-state index in [1.54, 1.807) is 13.8 Å². The number of carbonyl (C=O) groups is 4. The molecule has 0 spiro atoms. The Morgan fingerprint density at radius 2 is 1.06 bits per heavy atom. The fourth-order valence-electron chi connectivity index (χ4n) is 1.01. The van der Waals surface area contributed by atoms with Gasteiger partial charge in [-0.15, -0.1) is 0 Å². The van der Waals surface area contributed by atoms with Crippen molar-refractivity contribution in [2.45, 2.75) is 59.5 Å². The summed E-state index contributed by atoms with van der Waals surface area (Å²) in [6.07, 6.45) is -0.280. The lowest BCUT2D eigenvalue weighted by molar-refractivity contribution is -0.130. The molecule has 0 aliphatic heterocycles. The van der Waals surface area contributed by atoms with Crippen LogP contribution in [0.4, 0.5) is 0 Å². The summed E-state index contributed by atoms with van der Waals surface area (Å²) in [5, 5.41) is 8.06. The van der Waals surface area contributed by atoms with Crippen molar-refractivity contribution in [3.63, 3.8) is 0 Å². The molecule has 0 amide bonds. The summed E-state index contributed by atoms with van der Waals surface area (Å²) in [4.78, 5) is 43.0. The lowest BCUT2D eigenvalue weighted by atomic mass is 10.1. The summed E-state index contributed by atoms with van der Waals surface area (Å²) in [6, 6.07) is 0. The third kappa shape index (κ3) is 20.1. The highest BCUT2D eigenvalue weighted by molar-refractivity contribution is 6.02. The van der Waals surface area contributed by atoms with Gasteiger partial charge in [-0.3, -0.25) is 19.2 Å². The van der Waals surface area contributed by atoms with E-state index in [2.05, 4.69) is 0 Å². The lowest BCUT2D eigenvalue weighted by Crippen LogP contribution is -2.09. The predicted molar refractivity (Wildman–Crippen MR) is 67.2 cm³/mol. The minimum absolute atomic E-state index is 0.0612. The molecule has 18 heavy (non-hydrogen) atoms. The summed E-state index contributed by atoms with van der Waals surface area (Å²) >= 11 is 0. The normalized spacial score (nSPS) is 9.44. The molecule has 5 nitrogen and oxygen atoms in total. The Hall–Kier alpha value is -1.36. The van der Waals surface area contributed by atoms with Crippen LogP contribution in [0.1, 0.15) is 53.4 Å². The van der Waals surface area contributed by atoms with Gasteiger partial charge in [0.2, 0.25) is 0 Å². The van der Waals surface area contributed by atoms with Crippen molar-refractivity contribution in [2.24, 2.45) is 0 Å². The Labute approximate surface area is 108 Å². The Bertz CT molecular complexity index is 274. The molecule has 0 heterocycles. The number of rotatable bonds is 7. The van der Waals surface area contributed by atoms with Crippen molar-refractivity contribution in [3.8, 4) is 0 Å². The third-order valence-electron chi connectivity index (χ3n) is 1.57. The summed E-state index contributed by atoms with van der Waals surface area (Å²) in [6.45, 7) is 6.10. The first-order chi connectivity index (χ1) is 8.15. The number of aliphatic hydroxyl groups is 1. The molecule has 0 radical (unpaired) electrons. The highest BCUT2D eigenvalue weighted by Crippen LogP contribution is 2.00. The molecule has 0 rings (SSSR count). The Morgan fingerprint density at radius 3 is 1.22 bits per heavy atom. The van der Waals surface area contributed by atoms with Gasteiger partial charge in [0, 0.05) is 18.9 Å². The second kappa shape index (κ2) is 10.8. The van der Waals surface area contributed by atoms with Gasteiger partial charge in [-0.2, -0.15) is 0 Å². The van der Waals surface area contributed by atoms with Gasteiger partial charge in [0.25, 0.3) is 0 Å². The first-order valence-corrected chi connectivity index (χ1v) is 5.85. The van der Waals surface area contributed by atoms with Crippen LogP contribution in [0.5, 0.6) is 0 Å². The zero-order valence-electron chi connectivity index (χ0n) is 11.5. The van der Waals surface area contributed by atoms with E-state index in [-0.39, 0.29) is 54.9 Å². The molecule has 5 heteroatoms. The molecule has 0 aliphatic carbocycles. The van der Waals surface area contributed by atoms with Gasteiger partial charge in [0.05, 0.1) is 12.8 Å². The maximum Gasteiger partial charge on any atom is 0.140 e. The van der Waals surface area contributed by atoms with E-state index >= 15 is 0 Å². The molecule has 0 fully saturated rings. The second-order valence-electron chi connectivity index (χ2n) is 4.43. The second-order valence-corrected chi connectivity index (χ2v) is 4.43. The molecule has 0 unspecified atom stereocenters. The van der Waals surface area contributed by atoms with E-state index in [0.717, 1.165) is 0 Å². The molecule has 1 N–H and O–H groups in total. The van der Waals surface area contributed by atoms with Crippen molar-refractivity contribution >= 4 is 23.1 Å².